The third-order valence-corrected chi connectivity index (χ3v) is 2.31. The van der Waals surface area contributed by atoms with Crippen LogP contribution < -0.4 is 0 Å². The van der Waals surface area contributed by atoms with E-state index in [2.05, 4.69) is 20.2 Å². The number of halogens is 1. The summed E-state index contributed by atoms with van der Waals surface area (Å²) in [6.07, 6.45) is 4.56. The van der Waals surface area contributed by atoms with Gasteiger partial charge in [0.1, 0.15) is 5.82 Å². The van der Waals surface area contributed by atoms with Gasteiger partial charge in [0.15, 0.2) is 5.65 Å². The summed E-state index contributed by atoms with van der Waals surface area (Å²) >= 11 is 0. The molecule has 0 saturated carbocycles. The lowest BCUT2D eigenvalue weighted by Gasteiger charge is -1.99. The highest BCUT2D eigenvalue weighted by atomic mass is 19.1. The summed E-state index contributed by atoms with van der Waals surface area (Å²) < 4.78 is 12.7. The van der Waals surface area contributed by atoms with E-state index < -0.39 is 0 Å². The molecule has 78 valence electrons. The number of hydrogen-bond donors (Lipinski definition) is 1. The zero-order chi connectivity index (χ0) is 11.0. The van der Waals surface area contributed by atoms with Gasteiger partial charge in [0.25, 0.3) is 0 Å². The van der Waals surface area contributed by atoms with Crippen LogP contribution in [0.5, 0.6) is 0 Å². The van der Waals surface area contributed by atoms with Crippen LogP contribution >= 0.6 is 0 Å². The van der Waals surface area contributed by atoms with Gasteiger partial charge in [-0.1, -0.05) is 0 Å². The van der Waals surface area contributed by atoms with Gasteiger partial charge in [-0.25, -0.2) is 9.37 Å². The van der Waals surface area contributed by atoms with E-state index in [1.54, 1.807) is 18.5 Å². The van der Waals surface area contributed by atoms with Crippen LogP contribution in [0.15, 0.2) is 36.8 Å². The minimum atomic E-state index is -0.346. The molecule has 0 radical (unpaired) electrons. The van der Waals surface area contributed by atoms with Crippen LogP contribution in [0.1, 0.15) is 0 Å². The lowest BCUT2D eigenvalue weighted by molar-refractivity contribution is 0.622. The zero-order valence-electron chi connectivity index (χ0n) is 8.18. The molecule has 0 aliphatic heterocycles. The van der Waals surface area contributed by atoms with E-state index in [0.717, 1.165) is 16.6 Å². The second kappa shape index (κ2) is 3.37. The number of fused-ring (bicyclic) bond motifs is 1. The van der Waals surface area contributed by atoms with Gasteiger partial charge < -0.3 is 0 Å². The molecule has 0 atom stereocenters. The Balaban J connectivity index is 2.14. The second-order valence-electron chi connectivity index (χ2n) is 3.39. The molecule has 0 unspecified atom stereocenters. The molecule has 3 aromatic rings. The molecule has 0 aliphatic carbocycles. The largest absolute Gasteiger partial charge is 0.261 e. The fourth-order valence-corrected chi connectivity index (χ4v) is 1.52. The van der Waals surface area contributed by atoms with E-state index in [1.807, 2.05) is 6.07 Å². The molecule has 1 N–H and O–H groups in total. The van der Waals surface area contributed by atoms with Crippen LogP contribution in [0.25, 0.3) is 22.3 Å². The summed E-state index contributed by atoms with van der Waals surface area (Å²) in [6, 6.07) is 4.91. The topological polar surface area (TPSA) is 54.5 Å². The number of nitrogens with one attached hydrogen (secondary N) is 1. The Morgan fingerprint density at radius 3 is 2.81 bits per heavy atom. The zero-order valence-corrected chi connectivity index (χ0v) is 8.18. The smallest absolute Gasteiger partial charge is 0.155 e. The number of aromatic nitrogens is 4. The molecule has 4 nitrogen and oxygen atoms in total. The summed E-state index contributed by atoms with van der Waals surface area (Å²) in [4.78, 5) is 8.18. The Labute approximate surface area is 90.2 Å². The van der Waals surface area contributed by atoms with Crippen LogP contribution in [0.2, 0.25) is 0 Å². The van der Waals surface area contributed by atoms with Crippen molar-refractivity contribution in [3.05, 3.63) is 42.6 Å². The molecule has 0 fully saturated rings. The molecule has 0 bridgehead atoms. The standard InChI is InChI=1S/C11H7FN4/c12-9-1-2-10(13-6-9)7-3-8-5-15-16-11(8)14-4-7/h1-6H,(H,14,15,16). The SMILES string of the molecule is Fc1ccc(-c2cnc3[nH]ncc3c2)nc1. The maximum Gasteiger partial charge on any atom is 0.155 e. The summed E-state index contributed by atoms with van der Waals surface area (Å²) in [5.74, 6) is -0.346. The van der Waals surface area contributed by atoms with Gasteiger partial charge >= 0.3 is 0 Å². The van der Waals surface area contributed by atoms with E-state index in [1.165, 1.54) is 12.3 Å². The monoisotopic (exact) mass is 214 g/mol. The van der Waals surface area contributed by atoms with Gasteiger partial charge in [0.05, 0.1) is 18.1 Å². The summed E-state index contributed by atoms with van der Waals surface area (Å²) in [7, 11) is 0. The third-order valence-electron chi connectivity index (χ3n) is 2.31. The van der Waals surface area contributed by atoms with E-state index in [-0.39, 0.29) is 5.82 Å². The molecule has 0 saturated heterocycles. The van der Waals surface area contributed by atoms with E-state index >= 15 is 0 Å². The van der Waals surface area contributed by atoms with Crippen LogP contribution in [0.3, 0.4) is 0 Å². The fraction of sp³-hybridized carbons (Fsp3) is 0. The molecule has 3 heterocycles. The van der Waals surface area contributed by atoms with Crippen molar-refractivity contribution < 1.29 is 4.39 Å². The maximum atomic E-state index is 12.7. The molecule has 0 aromatic carbocycles. The predicted octanol–water partition coefficient (Wildman–Crippen LogP) is 2.16. The molecular formula is C11H7FN4. The van der Waals surface area contributed by atoms with Gasteiger partial charge in [0.2, 0.25) is 0 Å². The quantitative estimate of drug-likeness (QED) is 0.675. The first-order chi connectivity index (χ1) is 7.83. The average molecular weight is 214 g/mol. The van der Waals surface area contributed by atoms with Crippen molar-refractivity contribution in [2.24, 2.45) is 0 Å². The maximum absolute atomic E-state index is 12.7. The van der Waals surface area contributed by atoms with Crippen LogP contribution in [-0.4, -0.2) is 20.2 Å². The molecule has 3 aromatic heterocycles. The number of hydrogen-bond acceptors (Lipinski definition) is 3. The Hall–Kier alpha value is -2.30. The van der Waals surface area contributed by atoms with Crippen molar-refractivity contribution in [2.45, 2.75) is 0 Å². The van der Waals surface area contributed by atoms with E-state index in [4.69, 9.17) is 0 Å². The highest BCUT2D eigenvalue weighted by Gasteiger charge is 2.03. The number of aromatic amines is 1. The van der Waals surface area contributed by atoms with Crippen LogP contribution in [0.4, 0.5) is 4.39 Å². The fourth-order valence-electron chi connectivity index (χ4n) is 1.52. The highest BCUT2D eigenvalue weighted by molar-refractivity contribution is 5.79. The average Bonchev–Trinajstić information content (AvgIpc) is 2.77. The number of nitrogens with zero attached hydrogens (tertiary/aromatic N) is 3. The number of rotatable bonds is 1. The minimum absolute atomic E-state index is 0.346. The Kier molecular flexibility index (Phi) is 1.89. The van der Waals surface area contributed by atoms with Gasteiger partial charge in [-0.2, -0.15) is 5.10 Å². The summed E-state index contributed by atoms with van der Waals surface area (Å²) in [5.41, 5.74) is 2.26. The van der Waals surface area contributed by atoms with Crippen molar-refractivity contribution in [3.8, 4) is 11.3 Å². The van der Waals surface area contributed by atoms with Crippen molar-refractivity contribution in [3.63, 3.8) is 0 Å². The minimum Gasteiger partial charge on any atom is -0.261 e. The third kappa shape index (κ3) is 1.42. The first kappa shape index (κ1) is 8.96. The molecule has 0 amide bonds. The van der Waals surface area contributed by atoms with Crippen molar-refractivity contribution in [1.82, 2.24) is 20.2 Å². The second-order valence-corrected chi connectivity index (χ2v) is 3.39. The summed E-state index contributed by atoms with van der Waals surface area (Å²) in [5, 5.41) is 7.55. The highest BCUT2D eigenvalue weighted by Crippen LogP contribution is 2.19. The lowest BCUT2D eigenvalue weighted by Crippen LogP contribution is -1.86. The molecule has 5 heteroatoms. The van der Waals surface area contributed by atoms with Gasteiger partial charge in [0, 0.05) is 17.1 Å². The van der Waals surface area contributed by atoms with Crippen LogP contribution in [-0.2, 0) is 0 Å². The van der Waals surface area contributed by atoms with Crippen molar-refractivity contribution in [2.75, 3.05) is 0 Å². The molecule has 3 rings (SSSR count). The Morgan fingerprint density at radius 2 is 2.00 bits per heavy atom. The molecular weight excluding hydrogens is 207 g/mol. The molecule has 16 heavy (non-hydrogen) atoms. The normalized spacial score (nSPS) is 10.8. The van der Waals surface area contributed by atoms with E-state index in [9.17, 15) is 4.39 Å². The first-order valence-corrected chi connectivity index (χ1v) is 4.74. The van der Waals surface area contributed by atoms with Crippen molar-refractivity contribution >= 4 is 11.0 Å². The Bertz CT molecular complexity index is 630. The van der Waals surface area contributed by atoms with Crippen molar-refractivity contribution in [1.29, 1.82) is 0 Å². The Morgan fingerprint density at radius 1 is 1.06 bits per heavy atom. The number of H-pyrrole nitrogens is 1. The number of pyridine rings is 2. The predicted molar refractivity (Wildman–Crippen MR) is 57.1 cm³/mol. The molecule has 0 aliphatic rings. The lowest BCUT2D eigenvalue weighted by atomic mass is 10.1. The van der Waals surface area contributed by atoms with Gasteiger partial charge in [-0.15, -0.1) is 0 Å². The van der Waals surface area contributed by atoms with E-state index in [0.29, 0.717) is 5.69 Å². The van der Waals surface area contributed by atoms with Gasteiger partial charge in [-0.05, 0) is 18.2 Å². The van der Waals surface area contributed by atoms with Crippen LogP contribution in [0, 0.1) is 5.82 Å². The molecule has 0 spiro atoms. The van der Waals surface area contributed by atoms with Gasteiger partial charge in [-0.3, -0.25) is 10.1 Å². The first-order valence-electron chi connectivity index (χ1n) is 4.74. The summed E-state index contributed by atoms with van der Waals surface area (Å²) in [6.45, 7) is 0.